The second kappa shape index (κ2) is 9.88. The zero-order valence-electron chi connectivity index (χ0n) is 14.4. The molecule has 1 aromatic rings. The summed E-state index contributed by atoms with van der Waals surface area (Å²) in [6.07, 6.45) is -0.556. The lowest BCUT2D eigenvalue weighted by Crippen LogP contribution is -2.47. The normalized spacial score (nSPS) is 13.0. The number of benzene rings is 1. The first-order valence-corrected chi connectivity index (χ1v) is 8.29. The average Bonchev–Trinajstić information content (AvgIpc) is 2.53. The van der Waals surface area contributed by atoms with Gasteiger partial charge in [-0.05, 0) is 31.4 Å². The minimum absolute atomic E-state index is 0.111. The van der Waals surface area contributed by atoms with E-state index in [0.29, 0.717) is 17.2 Å². The third-order valence-corrected chi connectivity index (χ3v) is 3.59. The molecule has 0 heterocycles. The zero-order chi connectivity index (χ0) is 19.0. The van der Waals surface area contributed by atoms with Crippen LogP contribution < -0.4 is 15.4 Å². The Hall–Kier alpha value is -2.28. The topological polar surface area (TPSA) is 105 Å². The zero-order valence-corrected chi connectivity index (χ0v) is 15.2. The third kappa shape index (κ3) is 7.43. The minimum Gasteiger partial charge on any atom is -0.480 e. The molecule has 0 fully saturated rings. The molecule has 8 heteroatoms. The van der Waals surface area contributed by atoms with E-state index in [1.807, 2.05) is 13.8 Å². The van der Waals surface area contributed by atoms with Crippen LogP contribution in [0.5, 0.6) is 5.75 Å². The monoisotopic (exact) mass is 370 g/mol. The van der Waals surface area contributed by atoms with Gasteiger partial charge in [0.25, 0.3) is 5.91 Å². The molecule has 0 aliphatic carbocycles. The molecule has 138 valence electrons. The van der Waals surface area contributed by atoms with Crippen LogP contribution in [0.25, 0.3) is 0 Å². The molecule has 25 heavy (non-hydrogen) atoms. The summed E-state index contributed by atoms with van der Waals surface area (Å²) in [5, 5.41) is 14.3. The van der Waals surface area contributed by atoms with Crippen LogP contribution in [0.2, 0.25) is 5.02 Å². The molecule has 1 aromatic carbocycles. The lowest BCUT2D eigenvalue weighted by Gasteiger charge is -2.18. The number of carboxylic acid groups (broad SMARTS) is 1. The van der Waals surface area contributed by atoms with Gasteiger partial charge >= 0.3 is 5.97 Å². The first-order valence-electron chi connectivity index (χ1n) is 7.91. The molecule has 0 radical (unpaired) electrons. The average molecular weight is 371 g/mol. The van der Waals surface area contributed by atoms with E-state index in [1.54, 1.807) is 24.3 Å². The van der Waals surface area contributed by atoms with Crippen LogP contribution in [0.4, 0.5) is 0 Å². The minimum atomic E-state index is -1.11. The van der Waals surface area contributed by atoms with E-state index in [2.05, 4.69) is 10.6 Å². The predicted molar refractivity (Wildman–Crippen MR) is 93.6 cm³/mol. The van der Waals surface area contributed by atoms with Crippen LogP contribution in [0.15, 0.2) is 24.3 Å². The summed E-state index contributed by atoms with van der Waals surface area (Å²) in [5.41, 5.74) is 0. The van der Waals surface area contributed by atoms with Crippen molar-refractivity contribution < 1.29 is 24.2 Å². The molecule has 3 N–H and O–H groups in total. The van der Waals surface area contributed by atoms with Crippen LogP contribution in [0.1, 0.15) is 27.2 Å². The highest BCUT2D eigenvalue weighted by atomic mass is 35.5. The first kappa shape index (κ1) is 20.8. The highest BCUT2D eigenvalue weighted by molar-refractivity contribution is 6.32. The Morgan fingerprint density at radius 1 is 1.20 bits per heavy atom. The fourth-order valence-corrected chi connectivity index (χ4v) is 2.21. The molecule has 0 saturated carbocycles. The molecule has 0 aliphatic heterocycles. The highest BCUT2D eigenvalue weighted by Crippen LogP contribution is 2.24. The standard InChI is InChI=1S/C17H23ClN2O5/c1-10(2)8-13(17(23)24)20-15(21)9-19-16(22)11(3)25-14-7-5-4-6-12(14)18/h4-7,10-11,13H,8-9H2,1-3H3,(H,19,22)(H,20,21)(H,23,24)/t11?,13-/m0/s1. The molecule has 7 nitrogen and oxygen atoms in total. The Kier molecular flexibility index (Phi) is 8.21. The number of hydrogen-bond donors (Lipinski definition) is 3. The Morgan fingerprint density at radius 3 is 2.40 bits per heavy atom. The maximum atomic E-state index is 12.0. The number of hydrogen-bond acceptors (Lipinski definition) is 4. The lowest BCUT2D eigenvalue weighted by atomic mass is 10.0. The second-order valence-corrected chi connectivity index (χ2v) is 6.40. The molecule has 2 atom stereocenters. The Labute approximate surface area is 151 Å². The van der Waals surface area contributed by atoms with Crippen molar-refractivity contribution in [3.05, 3.63) is 29.3 Å². The largest absolute Gasteiger partial charge is 0.480 e. The highest BCUT2D eigenvalue weighted by Gasteiger charge is 2.22. The van der Waals surface area contributed by atoms with Crippen molar-refractivity contribution >= 4 is 29.4 Å². The molecular formula is C17H23ClN2O5. The van der Waals surface area contributed by atoms with Crippen molar-refractivity contribution in [1.82, 2.24) is 10.6 Å². The smallest absolute Gasteiger partial charge is 0.326 e. The number of rotatable bonds is 9. The summed E-state index contributed by atoms with van der Waals surface area (Å²) in [6, 6.07) is 5.74. The van der Waals surface area contributed by atoms with Crippen LogP contribution in [-0.2, 0) is 14.4 Å². The van der Waals surface area contributed by atoms with E-state index in [9.17, 15) is 14.4 Å². The van der Waals surface area contributed by atoms with E-state index >= 15 is 0 Å². The fourth-order valence-electron chi connectivity index (χ4n) is 2.03. The van der Waals surface area contributed by atoms with Gasteiger partial charge in [-0.15, -0.1) is 0 Å². The molecule has 1 rings (SSSR count). The maximum Gasteiger partial charge on any atom is 0.326 e. The van der Waals surface area contributed by atoms with Crippen molar-refractivity contribution in [2.75, 3.05) is 6.54 Å². The molecule has 0 spiro atoms. The van der Waals surface area contributed by atoms with Gasteiger partial charge in [0.15, 0.2) is 6.10 Å². The lowest BCUT2D eigenvalue weighted by molar-refractivity contribution is -0.142. The fraction of sp³-hybridized carbons (Fsp3) is 0.471. The van der Waals surface area contributed by atoms with Gasteiger partial charge in [-0.25, -0.2) is 4.79 Å². The number of aliphatic carboxylic acids is 1. The van der Waals surface area contributed by atoms with Gasteiger partial charge in [0.1, 0.15) is 11.8 Å². The number of amides is 2. The van der Waals surface area contributed by atoms with Crippen molar-refractivity contribution in [3.63, 3.8) is 0 Å². The summed E-state index contributed by atoms with van der Waals surface area (Å²) >= 11 is 5.95. The Balaban J connectivity index is 2.47. The van der Waals surface area contributed by atoms with E-state index in [1.165, 1.54) is 6.92 Å². The van der Waals surface area contributed by atoms with Crippen molar-refractivity contribution in [3.8, 4) is 5.75 Å². The van der Waals surface area contributed by atoms with E-state index in [4.69, 9.17) is 21.4 Å². The number of nitrogens with one attached hydrogen (secondary N) is 2. The molecule has 0 aromatic heterocycles. The Bertz CT molecular complexity index is 621. The number of carbonyl (C=O) groups is 3. The molecule has 0 bridgehead atoms. The molecule has 0 saturated heterocycles. The second-order valence-electron chi connectivity index (χ2n) is 6.00. The van der Waals surface area contributed by atoms with E-state index in [-0.39, 0.29) is 12.5 Å². The Morgan fingerprint density at radius 2 is 1.84 bits per heavy atom. The van der Waals surface area contributed by atoms with Gasteiger partial charge < -0.3 is 20.5 Å². The van der Waals surface area contributed by atoms with Gasteiger partial charge in [0.2, 0.25) is 5.91 Å². The van der Waals surface area contributed by atoms with Crippen LogP contribution in [0, 0.1) is 5.92 Å². The van der Waals surface area contributed by atoms with Crippen molar-refractivity contribution in [2.24, 2.45) is 5.92 Å². The molecule has 0 aliphatic rings. The number of para-hydroxylation sites is 1. The van der Waals surface area contributed by atoms with Crippen LogP contribution in [-0.4, -0.2) is 41.6 Å². The summed E-state index contributed by atoms with van der Waals surface area (Å²) < 4.78 is 5.44. The third-order valence-electron chi connectivity index (χ3n) is 3.27. The predicted octanol–water partition coefficient (Wildman–Crippen LogP) is 1.84. The van der Waals surface area contributed by atoms with Gasteiger partial charge in [0.05, 0.1) is 11.6 Å². The molecular weight excluding hydrogens is 348 g/mol. The molecule has 1 unspecified atom stereocenters. The quantitative estimate of drug-likeness (QED) is 0.615. The van der Waals surface area contributed by atoms with Gasteiger partial charge in [-0.1, -0.05) is 37.6 Å². The maximum absolute atomic E-state index is 12.0. The summed E-state index contributed by atoms with van der Waals surface area (Å²) in [5.74, 6) is -1.72. The van der Waals surface area contributed by atoms with E-state index < -0.39 is 29.9 Å². The number of carbonyl (C=O) groups excluding carboxylic acids is 2. The summed E-state index contributed by atoms with van der Waals surface area (Å²) in [6.45, 7) is 4.90. The number of carboxylic acids is 1. The number of ether oxygens (including phenoxy) is 1. The van der Waals surface area contributed by atoms with Gasteiger partial charge in [-0.3, -0.25) is 9.59 Å². The SMILES string of the molecule is CC(C)C[C@H](NC(=O)CNC(=O)C(C)Oc1ccccc1Cl)C(=O)O. The summed E-state index contributed by atoms with van der Waals surface area (Å²) in [4.78, 5) is 34.9. The first-order chi connectivity index (χ1) is 11.7. The van der Waals surface area contributed by atoms with Crippen molar-refractivity contribution in [1.29, 1.82) is 0 Å². The van der Waals surface area contributed by atoms with Crippen LogP contribution in [0.3, 0.4) is 0 Å². The summed E-state index contributed by atoms with van der Waals surface area (Å²) in [7, 11) is 0. The van der Waals surface area contributed by atoms with E-state index in [0.717, 1.165) is 0 Å². The molecule has 2 amide bonds. The van der Waals surface area contributed by atoms with Gasteiger partial charge in [-0.2, -0.15) is 0 Å². The van der Waals surface area contributed by atoms with Gasteiger partial charge in [0, 0.05) is 0 Å². The number of halogens is 1. The van der Waals surface area contributed by atoms with Crippen molar-refractivity contribution in [2.45, 2.75) is 39.3 Å². The van der Waals surface area contributed by atoms with Crippen LogP contribution >= 0.6 is 11.6 Å².